The van der Waals surface area contributed by atoms with Crippen LogP contribution in [0.25, 0.3) is 32.6 Å². The number of nitrogens with zero attached hydrogens (tertiary/aromatic N) is 5. The van der Waals surface area contributed by atoms with Crippen molar-refractivity contribution in [1.82, 2.24) is 25.0 Å². The van der Waals surface area contributed by atoms with E-state index in [4.69, 9.17) is 22.3 Å². The van der Waals surface area contributed by atoms with Crippen LogP contribution < -0.4 is 5.73 Å². The summed E-state index contributed by atoms with van der Waals surface area (Å²) in [4.78, 5) is 20.4. The van der Waals surface area contributed by atoms with Gasteiger partial charge >= 0.3 is 0 Å². The van der Waals surface area contributed by atoms with Crippen LogP contribution in [-0.4, -0.2) is 30.9 Å². The summed E-state index contributed by atoms with van der Waals surface area (Å²) in [5, 5.41) is 8.76. The van der Waals surface area contributed by atoms with Crippen LogP contribution in [0.4, 0.5) is 0 Å². The Balaban J connectivity index is 1.53. The number of hydrogen-bond donors (Lipinski definition) is 1. The fraction of sp³-hybridized carbons (Fsp3) is 0.0500. The van der Waals surface area contributed by atoms with Crippen molar-refractivity contribution < 1.29 is 4.79 Å². The molecule has 0 spiro atoms. The highest BCUT2D eigenvalue weighted by Gasteiger charge is 2.12. The van der Waals surface area contributed by atoms with Crippen molar-refractivity contribution in [2.45, 2.75) is 6.54 Å². The number of rotatable bonds is 4. The minimum absolute atomic E-state index is 0.279. The summed E-state index contributed by atoms with van der Waals surface area (Å²) >= 11 is 7.79. The number of carbonyl (C=O) groups is 1. The first kappa shape index (κ1) is 17.7. The van der Waals surface area contributed by atoms with Crippen LogP contribution in [0.15, 0.2) is 54.0 Å². The Morgan fingerprint density at radius 1 is 1.10 bits per heavy atom. The summed E-state index contributed by atoms with van der Waals surface area (Å²) in [7, 11) is 0. The summed E-state index contributed by atoms with van der Waals surface area (Å²) in [6.07, 6.45) is 0. The number of halogens is 1. The molecular formula is C20H13ClN6OS. The van der Waals surface area contributed by atoms with Crippen molar-refractivity contribution in [3.05, 3.63) is 70.2 Å². The number of thiazole rings is 1. The quantitative estimate of drug-likeness (QED) is 0.475. The fourth-order valence-corrected chi connectivity index (χ4v) is 4.18. The van der Waals surface area contributed by atoms with Gasteiger partial charge in [-0.3, -0.25) is 4.79 Å². The highest BCUT2D eigenvalue weighted by Crippen LogP contribution is 2.26. The average molecular weight is 421 g/mol. The Hall–Kier alpha value is -3.36. The van der Waals surface area contributed by atoms with Gasteiger partial charge in [0.2, 0.25) is 5.91 Å². The van der Waals surface area contributed by atoms with Crippen LogP contribution in [0.5, 0.6) is 0 Å². The zero-order valence-electron chi connectivity index (χ0n) is 14.9. The normalized spacial score (nSPS) is 11.3. The van der Waals surface area contributed by atoms with Crippen LogP contribution >= 0.6 is 22.9 Å². The van der Waals surface area contributed by atoms with E-state index in [-0.39, 0.29) is 5.56 Å². The number of carbonyl (C=O) groups excluding carboxylic acids is 1. The van der Waals surface area contributed by atoms with Crippen LogP contribution in [-0.2, 0) is 6.54 Å². The number of primary amides is 1. The number of fused-ring (bicyclic) bond motifs is 2. The molecule has 0 bridgehead atoms. The molecular weight excluding hydrogens is 408 g/mol. The van der Waals surface area contributed by atoms with E-state index in [2.05, 4.69) is 21.4 Å². The van der Waals surface area contributed by atoms with Crippen LogP contribution in [0.3, 0.4) is 0 Å². The summed E-state index contributed by atoms with van der Waals surface area (Å²) in [6, 6.07) is 14.9. The van der Waals surface area contributed by atoms with Gasteiger partial charge in [0.05, 0.1) is 38.6 Å². The number of pyridine rings is 1. The number of amides is 1. The number of nitrogens with two attached hydrogens (primary N) is 1. The van der Waals surface area contributed by atoms with Gasteiger partial charge in [0.15, 0.2) is 5.65 Å². The monoisotopic (exact) mass is 420 g/mol. The molecule has 0 unspecified atom stereocenters. The molecule has 0 aliphatic heterocycles. The SMILES string of the molecule is NC(=O)c1ccc(-c2ccc3nnn(Cc4ccc5ncsc5c4)c3n2)cc1Cl. The second-order valence-electron chi connectivity index (χ2n) is 6.50. The van der Waals surface area contributed by atoms with Crippen molar-refractivity contribution in [2.24, 2.45) is 5.73 Å². The number of benzene rings is 2. The molecule has 142 valence electrons. The molecule has 0 aliphatic rings. The van der Waals surface area contributed by atoms with Crippen LogP contribution in [0.2, 0.25) is 5.02 Å². The van der Waals surface area contributed by atoms with E-state index in [0.717, 1.165) is 21.3 Å². The van der Waals surface area contributed by atoms with Crippen LogP contribution in [0.1, 0.15) is 15.9 Å². The van der Waals surface area contributed by atoms with E-state index >= 15 is 0 Å². The maximum atomic E-state index is 11.4. The molecule has 2 N–H and O–H groups in total. The molecule has 7 nitrogen and oxygen atoms in total. The van der Waals surface area contributed by atoms with Gasteiger partial charge in [-0.05, 0) is 42.0 Å². The molecule has 1 amide bonds. The van der Waals surface area contributed by atoms with E-state index in [1.165, 1.54) is 0 Å². The third kappa shape index (κ3) is 3.22. The molecule has 0 atom stereocenters. The lowest BCUT2D eigenvalue weighted by atomic mass is 10.1. The lowest BCUT2D eigenvalue weighted by molar-refractivity contribution is 0.100. The van der Waals surface area contributed by atoms with E-state index in [9.17, 15) is 4.79 Å². The van der Waals surface area contributed by atoms with E-state index < -0.39 is 5.91 Å². The Bertz CT molecular complexity index is 1390. The van der Waals surface area contributed by atoms with Crippen molar-refractivity contribution in [2.75, 3.05) is 0 Å². The van der Waals surface area contributed by atoms with E-state index in [0.29, 0.717) is 28.4 Å². The molecule has 0 saturated heterocycles. The molecule has 0 saturated carbocycles. The van der Waals surface area contributed by atoms with Gasteiger partial charge in [-0.25, -0.2) is 14.6 Å². The summed E-state index contributed by atoms with van der Waals surface area (Å²) in [6.45, 7) is 0.544. The Kier molecular flexibility index (Phi) is 4.22. The van der Waals surface area contributed by atoms with Crippen LogP contribution in [0, 0.1) is 0 Å². The Morgan fingerprint density at radius 3 is 2.79 bits per heavy atom. The van der Waals surface area contributed by atoms with Gasteiger partial charge in [0.25, 0.3) is 0 Å². The maximum Gasteiger partial charge on any atom is 0.250 e. The maximum absolute atomic E-state index is 11.4. The van der Waals surface area contributed by atoms with Gasteiger partial charge in [-0.15, -0.1) is 16.4 Å². The van der Waals surface area contributed by atoms with Gasteiger partial charge in [0, 0.05) is 5.56 Å². The molecule has 3 heterocycles. The lowest BCUT2D eigenvalue weighted by Gasteiger charge is -2.06. The first-order valence-corrected chi connectivity index (χ1v) is 9.96. The second kappa shape index (κ2) is 6.91. The molecule has 0 fully saturated rings. The highest BCUT2D eigenvalue weighted by atomic mass is 35.5. The van der Waals surface area contributed by atoms with Gasteiger partial charge in [0.1, 0.15) is 5.52 Å². The van der Waals surface area contributed by atoms with Gasteiger partial charge in [-0.2, -0.15) is 0 Å². The lowest BCUT2D eigenvalue weighted by Crippen LogP contribution is -2.11. The summed E-state index contributed by atoms with van der Waals surface area (Å²) in [5.74, 6) is -0.565. The first-order chi connectivity index (χ1) is 14.1. The molecule has 3 aromatic heterocycles. The highest BCUT2D eigenvalue weighted by molar-refractivity contribution is 7.16. The second-order valence-corrected chi connectivity index (χ2v) is 7.79. The molecule has 5 rings (SSSR count). The number of aromatic nitrogens is 5. The average Bonchev–Trinajstić information content (AvgIpc) is 3.34. The Labute approximate surface area is 173 Å². The largest absolute Gasteiger partial charge is 0.366 e. The molecule has 29 heavy (non-hydrogen) atoms. The predicted molar refractivity (Wildman–Crippen MR) is 113 cm³/mol. The van der Waals surface area contributed by atoms with E-state index in [1.54, 1.807) is 34.2 Å². The van der Waals surface area contributed by atoms with Crippen molar-refractivity contribution in [3.63, 3.8) is 0 Å². The Morgan fingerprint density at radius 2 is 1.97 bits per heavy atom. The third-order valence-corrected chi connectivity index (χ3v) is 5.72. The van der Waals surface area contributed by atoms with E-state index in [1.807, 2.05) is 29.8 Å². The molecule has 0 aliphatic carbocycles. The molecule has 9 heteroatoms. The van der Waals surface area contributed by atoms with Crippen molar-refractivity contribution in [3.8, 4) is 11.3 Å². The predicted octanol–water partition coefficient (Wildman–Crippen LogP) is 3.90. The summed E-state index contributed by atoms with van der Waals surface area (Å²) < 4.78 is 2.89. The third-order valence-electron chi connectivity index (χ3n) is 4.62. The zero-order chi connectivity index (χ0) is 20.0. The number of hydrogen-bond acceptors (Lipinski definition) is 6. The van der Waals surface area contributed by atoms with Gasteiger partial charge in [-0.1, -0.05) is 28.9 Å². The standard InChI is InChI=1S/C20H13ClN6OS/c21-14-8-12(2-3-13(14)19(22)28)15-5-6-17-20(24-15)27(26-25-17)9-11-1-4-16-18(7-11)29-10-23-16/h1-8,10H,9H2,(H2,22,28). The fourth-order valence-electron chi connectivity index (χ4n) is 3.17. The zero-order valence-corrected chi connectivity index (χ0v) is 16.5. The molecule has 0 radical (unpaired) electrons. The van der Waals surface area contributed by atoms with Crippen molar-refractivity contribution >= 4 is 50.2 Å². The molecule has 2 aromatic carbocycles. The smallest absolute Gasteiger partial charge is 0.250 e. The summed E-state index contributed by atoms with van der Waals surface area (Å²) in [5.41, 5.74) is 12.4. The minimum atomic E-state index is -0.565. The topological polar surface area (TPSA) is 99.6 Å². The first-order valence-electron chi connectivity index (χ1n) is 8.70. The minimum Gasteiger partial charge on any atom is -0.366 e. The van der Waals surface area contributed by atoms with Gasteiger partial charge < -0.3 is 5.73 Å². The van der Waals surface area contributed by atoms with Crippen molar-refractivity contribution in [1.29, 1.82) is 0 Å². The molecule has 5 aromatic rings.